The number of rotatable bonds is 4. The Kier molecular flexibility index (Phi) is 5.17. The molecule has 1 aliphatic carbocycles. The zero-order valence-corrected chi connectivity index (χ0v) is 13.2. The fourth-order valence-electron chi connectivity index (χ4n) is 4.63. The van der Waals surface area contributed by atoms with Gasteiger partial charge in [0.2, 0.25) is 0 Å². The molecule has 0 amide bonds. The number of piperidine rings is 1. The summed E-state index contributed by atoms with van der Waals surface area (Å²) in [7, 11) is 0. The first-order valence-corrected chi connectivity index (χ1v) is 8.93. The molecule has 3 rings (SSSR count). The second-order valence-corrected chi connectivity index (χ2v) is 7.28. The third-order valence-corrected chi connectivity index (χ3v) is 5.88. The molecule has 2 atom stereocenters. The standard InChI is InChI=1S/C17H30N2O2/c20-17(21)15-5-1-2-6-16(15)19-11-7-14(8-12-19)13-18-9-3-4-10-18/h14-16H,1-13H2,(H,20,21). The van der Waals surface area contributed by atoms with Crippen molar-refractivity contribution >= 4 is 5.97 Å². The monoisotopic (exact) mass is 294 g/mol. The van der Waals surface area contributed by atoms with Crippen LogP contribution < -0.4 is 0 Å². The number of hydrogen-bond acceptors (Lipinski definition) is 3. The molecule has 0 radical (unpaired) electrons. The van der Waals surface area contributed by atoms with Gasteiger partial charge in [-0.2, -0.15) is 0 Å². The summed E-state index contributed by atoms with van der Waals surface area (Å²) in [6.07, 6.45) is 9.56. The Bertz CT molecular complexity index is 347. The van der Waals surface area contributed by atoms with Crippen LogP contribution in [-0.4, -0.2) is 59.6 Å². The van der Waals surface area contributed by atoms with Crippen molar-refractivity contribution in [3.05, 3.63) is 0 Å². The molecule has 4 heteroatoms. The molecule has 0 spiro atoms. The van der Waals surface area contributed by atoms with Crippen molar-refractivity contribution in [3.8, 4) is 0 Å². The Morgan fingerprint density at radius 2 is 1.57 bits per heavy atom. The van der Waals surface area contributed by atoms with E-state index in [0.29, 0.717) is 6.04 Å². The molecule has 0 aromatic rings. The highest BCUT2D eigenvalue weighted by atomic mass is 16.4. The lowest BCUT2D eigenvalue weighted by molar-refractivity contribution is -0.146. The number of likely N-dealkylation sites (tertiary alicyclic amines) is 2. The SMILES string of the molecule is O=C(O)C1CCCCC1N1CCC(CN2CCCC2)CC1. The second kappa shape index (κ2) is 7.10. The number of carboxylic acid groups (broad SMARTS) is 1. The quantitative estimate of drug-likeness (QED) is 0.865. The number of carbonyl (C=O) groups is 1. The number of carboxylic acids is 1. The van der Waals surface area contributed by atoms with Gasteiger partial charge in [0.1, 0.15) is 0 Å². The van der Waals surface area contributed by atoms with E-state index in [1.54, 1.807) is 0 Å². The van der Waals surface area contributed by atoms with E-state index in [1.165, 1.54) is 51.7 Å². The van der Waals surface area contributed by atoms with Crippen molar-refractivity contribution in [3.63, 3.8) is 0 Å². The minimum absolute atomic E-state index is 0.117. The summed E-state index contributed by atoms with van der Waals surface area (Å²) in [4.78, 5) is 16.6. The van der Waals surface area contributed by atoms with Crippen LogP contribution in [-0.2, 0) is 4.79 Å². The van der Waals surface area contributed by atoms with E-state index in [2.05, 4.69) is 9.80 Å². The molecule has 0 aromatic heterocycles. The van der Waals surface area contributed by atoms with Crippen molar-refractivity contribution in [1.29, 1.82) is 0 Å². The second-order valence-electron chi connectivity index (χ2n) is 7.28. The molecule has 21 heavy (non-hydrogen) atoms. The van der Waals surface area contributed by atoms with Crippen molar-refractivity contribution < 1.29 is 9.90 Å². The normalized spacial score (nSPS) is 33.3. The van der Waals surface area contributed by atoms with Crippen molar-refractivity contribution in [1.82, 2.24) is 9.80 Å². The van der Waals surface area contributed by atoms with Gasteiger partial charge in [-0.05, 0) is 70.6 Å². The number of aliphatic carboxylic acids is 1. The molecule has 0 aromatic carbocycles. The summed E-state index contributed by atoms with van der Waals surface area (Å²) < 4.78 is 0. The Balaban J connectivity index is 1.48. The van der Waals surface area contributed by atoms with Gasteiger partial charge < -0.3 is 10.0 Å². The van der Waals surface area contributed by atoms with E-state index >= 15 is 0 Å². The zero-order valence-electron chi connectivity index (χ0n) is 13.2. The van der Waals surface area contributed by atoms with Gasteiger partial charge in [0.15, 0.2) is 0 Å². The van der Waals surface area contributed by atoms with Crippen molar-refractivity contribution in [2.75, 3.05) is 32.7 Å². The lowest BCUT2D eigenvalue weighted by Gasteiger charge is -2.42. The third-order valence-electron chi connectivity index (χ3n) is 5.88. The largest absolute Gasteiger partial charge is 0.481 e. The maximum atomic E-state index is 11.5. The minimum atomic E-state index is -0.570. The Morgan fingerprint density at radius 3 is 2.24 bits per heavy atom. The predicted octanol–water partition coefficient (Wildman–Crippen LogP) is 2.44. The molecule has 2 unspecified atom stereocenters. The molecule has 120 valence electrons. The first-order valence-electron chi connectivity index (χ1n) is 8.93. The van der Waals surface area contributed by atoms with Crippen LogP contribution >= 0.6 is 0 Å². The van der Waals surface area contributed by atoms with Gasteiger partial charge in [-0.1, -0.05) is 12.8 Å². The lowest BCUT2D eigenvalue weighted by atomic mass is 9.82. The Morgan fingerprint density at radius 1 is 0.905 bits per heavy atom. The highest BCUT2D eigenvalue weighted by Crippen LogP contribution is 2.32. The van der Waals surface area contributed by atoms with E-state index in [0.717, 1.165) is 38.3 Å². The number of hydrogen-bond donors (Lipinski definition) is 1. The molecule has 1 N–H and O–H groups in total. The van der Waals surface area contributed by atoms with E-state index in [4.69, 9.17) is 0 Å². The average Bonchev–Trinajstić information content (AvgIpc) is 3.01. The van der Waals surface area contributed by atoms with Gasteiger partial charge in [0.05, 0.1) is 5.92 Å². The molecule has 2 aliphatic heterocycles. The maximum Gasteiger partial charge on any atom is 0.308 e. The van der Waals surface area contributed by atoms with Crippen molar-refractivity contribution in [2.45, 2.75) is 57.4 Å². The Hall–Kier alpha value is -0.610. The summed E-state index contributed by atoms with van der Waals surface area (Å²) in [5.74, 6) is 0.152. The molecule has 3 aliphatic rings. The molecule has 1 saturated carbocycles. The smallest absolute Gasteiger partial charge is 0.308 e. The highest BCUT2D eigenvalue weighted by molar-refractivity contribution is 5.71. The van der Waals surface area contributed by atoms with E-state index < -0.39 is 5.97 Å². The molecule has 0 bridgehead atoms. The van der Waals surface area contributed by atoms with Crippen LogP contribution in [0.5, 0.6) is 0 Å². The molecule has 3 fully saturated rings. The lowest BCUT2D eigenvalue weighted by Crippen LogP contribution is -2.49. The topological polar surface area (TPSA) is 43.8 Å². The third kappa shape index (κ3) is 3.78. The summed E-state index contributed by atoms with van der Waals surface area (Å²) in [6.45, 7) is 6.11. The van der Waals surface area contributed by atoms with Crippen LogP contribution in [0.15, 0.2) is 0 Å². The number of nitrogens with zero attached hydrogens (tertiary/aromatic N) is 2. The van der Waals surface area contributed by atoms with Crippen LogP contribution in [0.2, 0.25) is 0 Å². The van der Waals surface area contributed by atoms with Gasteiger partial charge in [0.25, 0.3) is 0 Å². The Labute approximate surface area is 128 Å². The van der Waals surface area contributed by atoms with Crippen LogP contribution in [0, 0.1) is 11.8 Å². The van der Waals surface area contributed by atoms with Gasteiger partial charge >= 0.3 is 5.97 Å². The van der Waals surface area contributed by atoms with Crippen molar-refractivity contribution in [2.24, 2.45) is 11.8 Å². The van der Waals surface area contributed by atoms with E-state index in [-0.39, 0.29) is 5.92 Å². The summed E-state index contributed by atoms with van der Waals surface area (Å²) >= 11 is 0. The van der Waals surface area contributed by atoms with Crippen LogP contribution in [0.1, 0.15) is 51.4 Å². The summed E-state index contributed by atoms with van der Waals surface area (Å²) in [5, 5.41) is 9.45. The molecular formula is C17H30N2O2. The minimum Gasteiger partial charge on any atom is -0.481 e. The van der Waals surface area contributed by atoms with E-state index in [9.17, 15) is 9.90 Å². The summed E-state index contributed by atoms with van der Waals surface area (Å²) in [6, 6.07) is 0.309. The van der Waals surface area contributed by atoms with Gasteiger partial charge in [-0.3, -0.25) is 9.69 Å². The van der Waals surface area contributed by atoms with Gasteiger partial charge in [-0.15, -0.1) is 0 Å². The average molecular weight is 294 g/mol. The van der Waals surface area contributed by atoms with Gasteiger partial charge in [0, 0.05) is 12.6 Å². The molecule has 2 saturated heterocycles. The highest BCUT2D eigenvalue weighted by Gasteiger charge is 2.36. The first kappa shape index (κ1) is 15.3. The first-order chi connectivity index (χ1) is 10.2. The van der Waals surface area contributed by atoms with E-state index in [1.807, 2.05) is 0 Å². The maximum absolute atomic E-state index is 11.5. The predicted molar refractivity (Wildman–Crippen MR) is 83.4 cm³/mol. The molecule has 2 heterocycles. The zero-order chi connectivity index (χ0) is 14.7. The van der Waals surface area contributed by atoms with Crippen LogP contribution in [0.4, 0.5) is 0 Å². The fraction of sp³-hybridized carbons (Fsp3) is 0.941. The van der Waals surface area contributed by atoms with Crippen LogP contribution in [0.25, 0.3) is 0 Å². The fourth-order valence-corrected chi connectivity index (χ4v) is 4.63. The summed E-state index contributed by atoms with van der Waals surface area (Å²) in [5.41, 5.74) is 0. The van der Waals surface area contributed by atoms with Gasteiger partial charge in [-0.25, -0.2) is 0 Å². The van der Waals surface area contributed by atoms with Crippen LogP contribution in [0.3, 0.4) is 0 Å². The molecular weight excluding hydrogens is 264 g/mol. The molecule has 4 nitrogen and oxygen atoms in total.